The summed E-state index contributed by atoms with van der Waals surface area (Å²) in [5, 5.41) is 0. The van der Waals surface area contributed by atoms with Gasteiger partial charge in [0.15, 0.2) is 6.10 Å². The van der Waals surface area contributed by atoms with Crippen molar-refractivity contribution >= 4 is 17.9 Å². The molecule has 0 aliphatic rings. The Morgan fingerprint density at radius 1 is 0.299 bits per heavy atom. The average Bonchev–Trinajstić information content (AvgIpc) is 3.33. The van der Waals surface area contributed by atoms with Gasteiger partial charge in [0.05, 0.1) is 0 Å². The minimum Gasteiger partial charge on any atom is -0.462 e. The number of allylic oxidation sites excluding steroid dienone is 24. The summed E-state index contributed by atoms with van der Waals surface area (Å²) in [6.45, 7) is 6.18. The van der Waals surface area contributed by atoms with Gasteiger partial charge in [0.2, 0.25) is 0 Å². The van der Waals surface area contributed by atoms with Crippen LogP contribution < -0.4 is 0 Å². The van der Waals surface area contributed by atoms with Gasteiger partial charge in [-0.15, -0.1) is 0 Å². The lowest BCUT2D eigenvalue weighted by Crippen LogP contribution is -2.30. The van der Waals surface area contributed by atoms with Crippen molar-refractivity contribution in [2.45, 2.75) is 207 Å². The summed E-state index contributed by atoms with van der Waals surface area (Å²) in [7, 11) is 0. The summed E-state index contributed by atoms with van der Waals surface area (Å²) in [5.41, 5.74) is 0. The van der Waals surface area contributed by atoms with Gasteiger partial charge >= 0.3 is 17.9 Å². The summed E-state index contributed by atoms with van der Waals surface area (Å²) < 4.78 is 16.7. The van der Waals surface area contributed by atoms with E-state index >= 15 is 0 Å². The summed E-state index contributed by atoms with van der Waals surface area (Å²) in [5.74, 6) is -1.05. The zero-order valence-electron chi connectivity index (χ0n) is 42.6. The molecule has 6 nitrogen and oxygen atoms in total. The largest absolute Gasteiger partial charge is 0.462 e. The van der Waals surface area contributed by atoms with Gasteiger partial charge in [-0.05, 0) is 128 Å². The van der Waals surface area contributed by atoms with Crippen LogP contribution in [-0.2, 0) is 28.6 Å². The predicted octanol–water partition coefficient (Wildman–Crippen LogP) is 17.6. The van der Waals surface area contributed by atoms with Gasteiger partial charge in [0, 0.05) is 19.3 Å². The van der Waals surface area contributed by atoms with E-state index in [9.17, 15) is 14.4 Å². The summed E-state index contributed by atoms with van der Waals surface area (Å²) in [4.78, 5) is 38.0. The Morgan fingerprint density at radius 2 is 0.552 bits per heavy atom. The molecule has 0 heterocycles. The average molecular weight is 923 g/mol. The fourth-order valence-electron chi connectivity index (χ4n) is 6.48. The summed E-state index contributed by atoms with van der Waals surface area (Å²) in [6, 6.07) is 0. The van der Waals surface area contributed by atoms with E-state index in [0.29, 0.717) is 12.8 Å². The van der Waals surface area contributed by atoms with Crippen LogP contribution in [-0.4, -0.2) is 37.2 Å². The van der Waals surface area contributed by atoms with Gasteiger partial charge in [-0.1, -0.05) is 199 Å². The van der Waals surface area contributed by atoms with Crippen molar-refractivity contribution in [1.82, 2.24) is 0 Å². The molecule has 0 radical (unpaired) electrons. The molecule has 0 aliphatic heterocycles. The molecule has 0 aromatic carbocycles. The standard InChI is InChI=1S/C61H94O6/c1-4-7-10-13-16-19-22-25-28-30-33-36-39-42-45-48-51-54-60(63)66-57-58(56-65-59(62)53-50-47-44-41-38-35-32-27-24-21-18-15-12-9-6-3)67-61(64)55-52-49-46-43-40-37-34-31-29-26-23-20-17-14-11-8-5-2/h7-12,16-21,25-29,32-33,36,38,41-42,45,58H,4-6,13-15,22-24,30-31,34-35,37,39-40,43-44,46-57H2,1-3H3/b10-7-,11-8-,12-9-,19-16-,20-17-,21-18-,28-25-,29-26-,32-27-,36-33-,41-38-,45-42-. The van der Waals surface area contributed by atoms with Crippen molar-refractivity contribution in [2.24, 2.45) is 0 Å². The van der Waals surface area contributed by atoms with Crippen molar-refractivity contribution in [3.63, 3.8) is 0 Å². The lowest BCUT2D eigenvalue weighted by Gasteiger charge is -2.18. The van der Waals surface area contributed by atoms with Gasteiger partial charge < -0.3 is 14.2 Å². The van der Waals surface area contributed by atoms with E-state index in [1.807, 2.05) is 0 Å². The van der Waals surface area contributed by atoms with Crippen LogP contribution >= 0.6 is 0 Å². The van der Waals surface area contributed by atoms with Crippen LogP contribution in [0.3, 0.4) is 0 Å². The predicted molar refractivity (Wildman–Crippen MR) is 288 cm³/mol. The van der Waals surface area contributed by atoms with Crippen LogP contribution in [0.5, 0.6) is 0 Å². The molecule has 1 atom stereocenters. The number of esters is 3. The Bertz CT molecular complexity index is 1530. The number of rotatable bonds is 45. The molecule has 0 bridgehead atoms. The fraction of sp³-hybridized carbons (Fsp3) is 0.557. The quantitative estimate of drug-likeness (QED) is 0.0262. The maximum absolute atomic E-state index is 12.8. The maximum Gasteiger partial charge on any atom is 0.306 e. The van der Waals surface area contributed by atoms with Crippen molar-refractivity contribution in [3.05, 3.63) is 146 Å². The van der Waals surface area contributed by atoms with Gasteiger partial charge in [-0.2, -0.15) is 0 Å². The van der Waals surface area contributed by atoms with Crippen LogP contribution in [0.4, 0.5) is 0 Å². The Labute approximate surface area is 410 Å². The molecule has 6 heteroatoms. The zero-order valence-corrected chi connectivity index (χ0v) is 42.6. The molecule has 1 unspecified atom stereocenters. The molecule has 0 N–H and O–H groups in total. The van der Waals surface area contributed by atoms with E-state index in [-0.39, 0.29) is 50.4 Å². The van der Waals surface area contributed by atoms with Crippen LogP contribution in [0.1, 0.15) is 201 Å². The number of carbonyl (C=O) groups excluding carboxylic acids is 3. The second-order valence-electron chi connectivity index (χ2n) is 16.6. The number of hydrogen-bond acceptors (Lipinski definition) is 6. The van der Waals surface area contributed by atoms with Gasteiger partial charge in [0.25, 0.3) is 0 Å². The molecule has 0 rings (SSSR count). The molecule has 0 aromatic rings. The second kappa shape index (κ2) is 53.9. The molecule has 0 fully saturated rings. The first-order valence-electron chi connectivity index (χ1n) is 26.3. The van der Waals surface area contributed by atoms with Crippen molar-refractivity contribution in [2.75, 3.05) is 13.2 Å². The highest BCUT2D eigenvalue weighted by molar-refractivity contribution is 5.71. The third-order valence-corrected chi connectivity index (χ3v) is 10.3. The first-order chi connectivity index (χ1) is 33.0. The molecule has 0 aliphatic carbocycles. The third-order valence-electron chi connectivity index (χ3n) is 10.3. The summed E-state index contributed by atoms with van der Waals surface area (Å²) >= 11 is 0. The van der Waals surface area contributed by atoms with E-state index in [4.69, 9.17) is 14.2 Å². The Morgan fingerprint density at radius 3 is 0.925 bits per heavy atom. The third kappa shape index (κ3) is 52.1. The lowest BCUT2D eigenvalue weighted by atomic mass is 10.1. The minimum atomic E-state index is -0.830. The molecule has 0 saturated carbocycles. The normalized spacial score (nSPS) is 13.3. The number of ether oxygens (including phenoxy) is 3. The molecule has 0 aromatic heterocycles. The van der Waals surface area contributed by atoms with Gasteiger partial charge in [0.1, 0.15) is 13.2 Å². The van der Waals surface area contributed by atoms with E-state index in [0.717, 1.165) is 128 Å². The zero-order chi connectivity index (χ0) is 48.6. The minimum absolute atomic E-state index is 0.128. The number of hydrogen-bond donors (Lipinski definition) is 0. The SMILES string of the molecule is CC/C=C\C/C=C\C/C=C\C/C=C\C/C=C\CCCC(=O)OCC(COC(=O)CCCC/C=C\C/C=C\C/C=C\C/C=C\CC)OC(=O)CCCCCCCCC/C=C\C/C=C\C/C=C\CC. The van der Waals surface area contributed by atoms with E-state index in [2.05, 4.69) is 167 Å². The van der Waals surface area contributed by atoms with Crippen molar-refractivity contribution in [3.8, 4) is 0 Å². The molecular formula is C61H94O6. The fourth-order valence-corrected chi connectivity index (χ4v) is 6.48. The first kappa shape index (κ1) is 62.3. The number of carbonyl (C=O) groups is 3. The number of unbranched alkanes of at least 4 members (excludes halogenated alkanes) is 10. The highest BCUT2D eigenvalue weighted by Gasteiger charge is 2.19. The van der Waals surface area contributed by atoms with Gasteiger partial charge in [-0.3, -0.25) is 14.4 Å². The van der Waals surface area contributed by atoms with Crippen LogP contribution in [0.15, 0.2) is 146 Å². The van der Waals surface area contributed by atoms with E-state index < -0.39 is 6.10 Å². The highest BCUT2D eigenvalue weighted by Crippen LogP contribution is 2.12. The molecule has 374 valence electrons. The van der Waals surface area contributed by atoms with Crippen LogP contribution in [0.2, 0.25) is 0 Å². The molecular weight excluding hydrogens is 829 g/mol. The monoisotopic (exact) mass is 923 g/mol. The van der Waals surface area contributed by atoms with Crippen LogP contribution in [0, 0.1) is 0 Å². The smallest absolute Gasteiger partial charge is 0.306 e. The molecule has 0 amide bonds. The lowest BCUT2D eigenvalue weighted by molar-refractivity contribution is -0.167. The maximum atomic E-state index is 12.8. The van der Waals surface area contributed by atoms with E-state index in [1.54, 1.807) is 0 Å². The first-order valence-corrected chi connectivity index (χ1v) is 26.3. The second-order valence-corrected chi connectivity index (χ2v) is 16.6. The van der Waals surface area contributed by atoms with Gasteiger partial charge in [-0.25, -0.2) is 0 Å². The molecule has 67 heavy (non-hydrogen) atoms. The Kier molecular flexibility index (Phi) is 50.1. The highest BCUT2D eigenvalue weighted by atomic mass is 16.6. The molecule has 0 spiro atoms. The van der Waals surface area contributed by atoms with Crippen molar-refractivity contribution < 1.29 is 28.6 Å². The molecule has 0 saturated heterocycles. The summed E-state index contributed by atoms with van der Waals surface area (Å²) in [6.07, 6.45) is 76.9. The topological polar surface area (TPSA) is 78.9 Å². The van der Waals surface area contributed by atoms with E-state index in [1.165, 1.54) is 19.3 Å². The Balaban J connectivity index is 4.59. The Hall–Kier alpha value is -4.71. The van der Waals surface area contributed by atoms with Crippen LogP contribution in [0.25, 0.3) is 0 Å². The van der Waals surface area contributed by atoms with Crippen molar-refractivity contribution in [1.29, 1.82) is 0 Å².